The Balaban J connectivity index is 1.62. The molecular formula is C26H30N4O2S. The predicted octanol–water partition coefficient (Wildman–Crippen LogP) is 5.53. The average Bonchev–Trinajstić information content (AvgIpc) is 3.35. The summed E-state index contributed by atoms with van der Waals surface area (Å²) >= 11 is 1.51. The minimum absolute atomic E-state index is 0.0799. The van der Waals surface area contributed by atoms with Crippen LogP contribution in [-0.4, -0.2) is 38.1 Å². The van der Waals surface area contributed by atoms with Gasteiger partial charge in [-0.2, -0.15) is 0 Å². The fourth-order valence-corrected chi connectivity index (χ4v) is 4.67. The zero-order valence-electron chi connectivity index (χ0n) is 20.0. The van der Waals surface area contributed by atoms with Gasteiger partial charge in [0.05, 0.1) is 12.2 Å². The van der Waals surface area contributed by atoms with Gasteiger partial charge >= 0.3 is 0 Å². The van der Waals surface area contributed by atoms with Crippen LogP contribution in [0.5, 0.6) is 5.75 Å². The van der Waals surface area contributed by atoms with E-state index in [-0.39, 0.29) is 34.7 Å². The number of phenols is 1. The van der Waals surface area contributed by atoms with Gasteiger partial charge in [0.15, 0.2) is 5.78 Å². The molecular weight excluding hydrogens is 432 g/mol. The quantitative estimate of drug-likeness (QED) is 0.498. The van der Waals surface area contributed by atoms with Crippen LogP contribution in [0.15, 0.2) is 35.8 Å². The lowest BCUT2D eigenvalue weighted by Crippen LogP contribution is -2.31. The number of fused-ring (bicyclic) bond motifs is 1. The number of ketones is 1. The number of aromatic nitrogens is 2. The third-order valence-corrected chi connectivity index (χ3v) is 6.71. The number of thiazole rings is 1. The number of benzene rings is 1. The van der Waals surface area contributed by atoms with Crippen LogP contribution in [-0.2, 0) is 17.4 Å². The second kappa shape index (κ2) is 8.06. The SMILES string of the molecule is CC(C)(C)c1cc(C(=O)CN2Cc3ccc(-c4nccs4)nc3C2=N)cc(C(C)(C)C)c1O. The molecule has 0 unspecified atom stereocenters. The third kappa shape index (κ3) is 4.42. The highest BCUT2D eigenvalue weighted by Gasteiger charge is 2.31. The van der Waals surface area contributed by atoms with Crippen LogP contribution in [0.3, 0.4) is 0 Å². The predicted molar refractivity (Wildman–Crippen MR) is 132 cm³/mol. The van der Waals surface area contributed by atoms with Crippen molar-refractivity contribution >= 4 is 23.0 Å². The number of pyridine rings is 1. The summed E-state index contributed by atoms with van der Waals surface area (Å²) in [5.74, 6) is 0.429. The summed E-state index contributed by atoms with van der Waals surface area (Å²) < 4.78 is 0. The molecule has 0 spiro atoms. The van der Waals surface area contributed by atoms with Crippen LogP contribution in [0, 0.1) is 5.41 Å². The average molecular weight is 463 g/mol. The summed E-state index contributed by atoms with van der Waals surface area (Å²) in [6, 6.07) is 7.49. The molecule has 3 heterocycles. The molecule has 0 atom stereocenters. The van der Waals surface area contributed by atoms with E-state index in [1.807, 2.05) is 59.1 Å². The molecule has 33 heavy (non-hydrogen) atoms. The minimum Gasteiger partial charge on any atom is -0.507 e. The van der Waals surface area contributed by atoms with E-state index in [1.165, 1.54) is 11.3 Å². The van der Waals surface area contributed by atoms with Gasteiger partial charge in [-0.05, 0) is 29.0 Å². The van der Waals surface area contributed by atoms with Crippen molar-refractivity contribution in [2.75, 3.05) is 6.54 Å². The fourth-order valence-electron chi connectivity index (χ4n) is 4.06. The van der Waals surface area contributed by atoms with Gasteiger partial charge in [-0.15, -0.1) is 11.3 Å². The highest BCUT2D eigenvalue weighted by Crippen LogP contribution is 2.40. The number of hydrogen-bond acceptors (Lipinski definition) is 6. The molecule has 1 aliphatic heterocycles. The summed E-state index contributed by atoms with van der Waals surface area (Å²) in [5, 5.41) is 22.3. The Bertz CT molecular complexity index is 1200. The molecule has 2 N–H and O–H groups in total. The van der Waals surface area contributed by atoms with Crippen molar-refractivity contribution in [3.63, 3.8) is 0 Å². The van der Waals surface area contributed by atoms with Gasteiger partial charge in [0.1, 0.15) is 22.3 Å². The molecule has 0 fully saturated rings. The van der Waals surface area contributed by atoms with Crippen molar-refractivity contribution in [3.8, 4) is 16.5 Å². The fraction of sp³-hybridized carbons (Fsp3) is 0.385. The number of hydrogen-bond donors (Lipinski definition) is 2. The molecule has 0 saturated carbocycles. The first-order valence-electron chi connectivity index (χ1n) is 11.0. The Hall–Kier alpha value is -3.06. The number of nitrogens with one attached hydrogen (secondary N) is 1. The Morgan fingerprint density at radius 3 is 2.30 bits per heavy atom. The summed E-state index contributed by atoms with van der Waals surface area (Å²) in [5.41, 5.74) is 3.73. The molecule has 3 aromatic rings. The van der Waals surface area contributed by atoms with E-state index < -0.39 is 0 Å². The molecule has 172 valence electrons. The maximum atomic E-state index is 13.4. The monoisotopic (exact) mass is 462 g/mol. The van der Waals surface area contributed by atoms with E-state index in [0.717, 1.165) is 27.4 Å². The third-order valence-electron chi connectivity index (χ3n) is 5.91. The maximum Gasteiger partial charge on any atom is 0.182 e. The molecule has 0 bridgehead atoms. The normalized spacial score (nSPS) is 14.0. The highest BCUT2D eigenvalue weighted by atomic mass is 32.1. The van der Waals surface area contributed by atoms with Crippen LogP contribution in [0.25, 0.3) is 10.7 Å². The molecule has 0 aliphatic carbocycles. The van der Waals surface area contributed by atoms with Crippen LogP contribution in [0.1, 0.15) is 74.3 Å². The van der Waals surface area contributed by atoms with Crippen LogP contribution in [0.2, 0.25) is 0 Å². The lowest BCUT2D eigenvalue weighted by Gasteiger charge is -2.28. The van der Waals surface area contributed by atoms with Crippen molar-refractivity contribution in [2.24, 2.45) is 0 Å². The van der Waals surface area contributed by atoms with E-state index in [0.29, 0.717) is 17.8 Å². The molecule has 0 radical (unpaired) electrons. The molecule has 2 aromatic heterocycles. The smallest absolute Gasteiger partial charge is 0.182 e. The van der Waals surface area contributed by atoms with Crippen LogP contribution in [0.4, 0.5) is 0 Å². The minimum atomic E-state index is -0.312. The zero-order valence-corrected chi connectivity index (χ0v) is 20.8. The van der Waals surface area contributed by atoms with Crippen LogP contribution >= 0.6 is 11.3 Å². The first-order valence-corrected chi connectivity index (χ1v) is 11.9. The van der Waals surface area contributed by atoms with Gasteiger partial charge in [0.25, 0.3) is 0 Å². The number of nitrogens with zero attached hydrogens (tertiary/aromatic N) is 3. The molecule has 6 nitrogen and oxygen atoms in total. The molecule has 0 saturated heterocycles. The highest BCUT2D eigenvalue weighted by molar-refractivity contribution is 7.13. The van der Waals surface area contributed by atoms with Crippen molar-refractivity contribution < 1.29 is 9.90 Å². The second-order valence-electron chi connectivity index (χ2n) is 10.6. The summed E-state index contributed by atoms with van der Waals surface area (Å²) in [4.78, 5) is 24.1. The van der Waals surface area contributed by atoms with E-state index in [2.05, 4.69) is 9.97 Å². The number of carbonyl (C=O) groups excluding carboxylic acids is 1. The number of carbonyl (C=O) groups is 1. The van der Waals surface area contributed by atoms with Gasteiger partial charge < -0.3 is 10.0 Å². The van der Waals surface area contributed by atoms with E-state index in [4.69, 9.17) is 5.41 Å². The number of amidine groups is 1. The molecule has 1 aromatic carbocycles. The Morgan fingerprint density at radius 1 is 1.12 bits per heavy atom. The van der Waals surface area contributed by atoms with Crippen molar-refractivity contribution in [2.45, 2.75) is 58.9 Å². The number of Topliss-reactive ketones (excluding diaryl/α,β-unsaturated/α-hetero) is 1. The number of phenolic OH excluding ortho intramolecular Hbond substituents is 1. The maximum absolute atomic E-state index is 13.4. The van der Waals surface area contributed by atoms with Gasteiger partial charge in [0, 0.05) is 40.4 Å². The van der Waals surface area contributed by atoms with Crippen molar-refractivity contribution in [1.29, 1.82) is 5.41 Å². The second-order valence-corrected chi connectivity index (χ2v) is 11.5. The Morgan fingerprint density at radius 2 is 1.76 bits per heavy atom. The molecule has 7 heteroatoms. The Kier molecular flexibility index (Phi) is 5.65. The first kappa shape index (κ1) is 23.1. The van der Waals surface area contributed by atoms with E-state index in [1.54, 1.807) is 23.2 Å². The lowest BCUT2D eigenvalue weighted by atomic mass is 9.78. The Labute approximate surface area is 198 Å². The van der Waals surface area contributed by atoms with Gasteiger partial charge in [-0.3, -0.25) is 10.2 Å². The largest absolute Gasteiger partial charge is 0.507 e. The van der Waals surface area contributed by atoms with Gasteiger partial charge in [-0.25, -0.2) is 9.97 Å². The van der Waals surface area contributed by atoms with Crippen LogP contribution < -0.4 is 0 Å². The van der Waals surface area contributed by atoms with Crippen molar-refractivity contribution in [3.05, 3.63) is 63.8 Å². The number of rotatable bonds is 4. The van der Waals surface area contributed by atoms with Gasteiger partial charge in [0.2, 0.25) is 0 Å². The van der Waals surface area contributed by atoms with E-state index >= 15 is 0 Å². The van der Waals surface area contributed by atoms with E-state index in [9.17, 15) is 9.90 Å². The molecule has 1 aliphatic rings. The lowest BCUT2D eigenvalue weighted by molar-refractivity contribution is 0.0962. The van der Waals surface area contributed by atoms with Crippen molar-refractivity contribution in [1.82, 2.24) is 14.9 Å². The summed E-state index contributed by atoms with van der Waals surface area (Å²) in [7, 11) is 0. The summed E-state index contributed by atoms with van der Waals surface area (Å²) in [6.45, 7) is 12.7. The standard InChI is InChI=1S/C26H30N4O2S/c1-25(2,3)17-11-16(12-18(22(17)32)26(4,5)6)20(31)14-30-13-15-7-8-19(24-28-9-10-33-24)29-21(15)23(30)27/h7-12,27,32H,13-14H2,1-6H3. The number of aromatic hydroxyl groups is 1. The summed E-state index contributed by atoms with van der Waals surface area (Å²) in [6.07, 6.45) is 1.74. The topological polar surface area (TPSA) is 90.2 Å². The molecule has 0 amide bonds. The van der Waals surface area contributed by atoms with Gasteiger partial charge in [-0.1, -0.05) is 47.6 Å². The first-order chi connectivity index (χ1) is 15.4. The molecule has 4 rings (SSSR count). The zero-order chi connectivity index (χ0) is 24.1.